The van der Waals surface area contributed by atoms with Gasteiger partial charge in [0.05, 0.1) is 4.75 Å². The number of amides is 2. The van der Waals surface area contributed by atoms with Crippen molar-refractivity contribution in [3.05, 3.63) is 114 Å². The summed E-state index contributed by atoms with van der Waals surface area (Å²) in [6.45, 7) is 9.16. The van der Waals surface area contributed by atoms with Gasteiger partial charge in [0.1, 0.15) is 18.2 Å². The topological polar surface area (TPSA) is 72.9 Å². The molecule has 3 aromatic rings. The first kappa shape index (κ1) is 29.0. The third kappa shape index (κ3) is 6.84. The molecule has 0 aliphatic heterocycles. The molecule has 0 aliphatic rings. The van der Waals surface area contributed by atoms with Crippen molar-refractivity contribution < 1.29 is 23.9 Å². The van der Waals surface area contributed by atoms with Crippen LogP contribution in [0.15, 0.2) is 91.0 Å². The van der Waals surface area contributed by atoms with Crippen LogP contribution in [0, 0.1) is 6.61 Å². The highest BCUT2D eigenvalue weighted by Gasteiger charge is 2.42. The number of hydrogen-bond donors (Lipinski definition) is 0. The number of hydrogen-bond acceptors (Lipinski definition) is 6. The molecule has 38 heavy (non-hydrogen) atoms. The first-order chi connectivity index (χ1) is 18.1. The fourth-order valence-corrected chi connectivity index (χ4v) is 5.80. The van der Waals surface area contributed by atoms with E-state index in [1.165, 1.54) is 25.3 Å². The van der Waals surface area contributed by atoms with E-state index >= 15 is 0 Å². The van der Waals surface area contributed by atoms with Crippen LogP contribution in [0.4, 0.5) is 4.79 Å². The van der Waals surface area contributed by atoms with Crippen LogP contribution in [0.25, 0.3) is 0 Å². The van der Waals surface area contributed by atoms with E-state index in [2.05, 4.69) is 0 Å². The Morgan fingerprint density at radius 1 is 0.816 bits per heavy atom. The summed E-state index contributed by atoms with van der Waals surface area (Å²) < 4.78 is 9.96. The molecule has 0 bridgehead atoms. The van der Waals surface area contributed by atoms with E-state index < -0.39 is 34.4 Å². The first-order valence-electron chi connectivity index (χ1n) is 12.4. The number of nitrogens with zero attached hydrogens (tertiary/aromatic N) is 1. The highest BCUT2D eigenvalue weighted by atomic mass is 32.2. The zero-order chi connectivity index (χ0) is 27.8. The van der Waals surface area contributed by atoms with Gasteiger partial charge in [-0.3, -0.25) is 4.79 Å². The molecular formula is C31H34NO5S. The molecule has 199 valence electrons. The van der Waals surface area contributed by atoms with Crippen molar-refractivity contribution in [1.29, 1.82) is 0 Å². The minimum absolute atomic E-state index is 0.0597. The summed E-state index contributed by atoms with van der Waals surface area (Å²) in [6.07, 6.45) is -0.895. The van der Waals surface area contributed by atoms with E-state index in [0.29, 0.717) is 0 Å². The molecule has 0 spiro atoms. The summed E-state index contributed by atoms with van der Waals surface area (Å²) in [7, 11) is 0. The molecule has 3 rings (SSSR count). The molecule has 0 aliphatic carbocycles. The molecule has 2 amide bonds. The fourth-order valence-electron chi connectivity index (χ4n) is 4.20. The third-order valence-electron chi connectivity index (χ3n) is 5.75. The number of thioether (sulfide) groups is 1. The Balaban J connectivity index is 2.16. The van der Waals surface area contributed by atoms with Crippen LogP contribution in [0.2, 0.25) is 0 Å². The molecule has 7 heteroatoms. The molecule has 1 atom stereocenters. The summed E-state index contributed by atoms with van der Waals surface area (Å²) in [5, 5.41) is 0. The van der Waals surface area contributed by atoms with Gasteiger partial charge in [0.15, 0.2) is 0 Å². The third-order valence-corrected chi connectivity index (χ3v) is 7.37. The van der Waals surface area contributed by atoms with Crippen LogP contribution >= 0.6 is 11.8 Å². The van der Waals surface area contributed by atoms with Crippen molar-refractivity contribution in [2.75, 3.05) is 5.75 Å². The maximum absolute atomic E-state index is 13.2. The number of esters is 1. The van der Waals surface area contributed by atoms with Gasteiger partial charge in [-0.05, 0) is 44.4 Å². The Hall–Kier alpha value is -3.58. The average molecular weight is 533 g/mol. The first-order valence-corrected chi connectivity index (χ1v) is 13.4. The van der Waals surface area contributed by atoms with Crippen LogP contribution in [-0.4, -0.2) is 40.3 Å². The molecule has 3 aromatic carbocycles. The quantitative estimate of drug-likeness (QED) is 0.229. The summed E-state index contributed by atoms with van der Waals surface area (Å²) >= 11 is 1.46. The monoisotopic (exact) mass is 532 g/mol. The molecule has 0 unspecified atom stereocenters. The fraction of sp³-hybridized carbons (Fsp3) is 0.290. The zero-order valence-electron chi connectivity index (χ0n) is 22.4. The number of carbonyl (C=O) groups is 3. The van der Waals surface area contributed by atoms with Crippen molar-refractivity contribution in [3.63, 3.8) is 0 Å². The van der Waals surface area contributed by atoms with Gasteiger partial charge in [0.2, 0.25) is 5.91 Å². The average Bonchev–Trinajstić information content (AvgIpc) is 2.89. The Bertz CT molecular complexity index is 1110. The van der Waals surface area contributed by atoms with Gasteiger partial charge < -0.3 is 9.47 Å². The number of benzene rings is 3. The summed E-state index contributed by atoms with van der Waals surface area (Å²) in [5.41, 5.74) is 2.11. The second-order valence-corrected chi connectivity index (χ2v) is 10.9. The summed E-state index contributed by atoms with van der Waals surface area (Å²) in [5.74, 6) is -1.27. The predicted molar refractivity (Wildman–Crippen MR) is 150 cm³/mol. The standard InChI is InChI=1S/C31H34NO5S/c1-6-36-28(34)27(32(23(2)33)29(35)37-30(3,4)5)22-38-31(24-16-10-7-11-17-24,25-18-12-8-13-19-25)26-20-14-9-15-21-26/h6-21,27H,22H2,1-5H3/t27-/m0/s1. The molecule has 0 heterocycles. The molecule has 6 nitrogen and oxygen atoms in total. The van der Waals surface area contributed by atoms with Gasteiger partial charge >= 0.3 is 12.1 Å². The highest BCUT2D eigenvalue weighted by molar-refractivity contribution is 8.00. The Morgan fingerprint density at radius 3 is 1.58 bits per heavy atom. The molecule has 0 aromatic heterocycles. The maximum atomic E-state index is 13.2. The lowest BCUT2D eigenvalue weighted by Crippen LogP contribution is -2.51. The van der Waals surface area contributed by atoms with Crippen molar-refractivity contribution in [1.82, 2.24) is 4.90 Å². The highest BCUT2D eigenvalue weighted by Crippen LogP contribution is 2.49. The van der Waals surface area contributed by atoms with Crippen molar-refractivity contribution in [2.24, 2.45) is 0 Å². The Morgan fingerprint density at radius 2 is 1.24 bits per heavy atom. The minimum atomic E-state index is -1.22. The molecule has 0 fully saturated rings. The van der Waals surface area contributed by atoms with Crippen LogP contribution in [-0.2, 0) is 23.8 Å². The van der Waals surface area contributed by atoms with E-state index in [0.717, 1.165) is 21.6 Å². The molecule has 0 saturated heterocycles. The number of ether oxygens (including phenoxy) is 2. The molecule has 0 saturated carbocycles. The lowest BCUT2D eigenvalue weighted by molar-refractivity contribution is -0.150. The van der Waals surface area contributed by atoms with Gasteiger partial charge in [0.25, 0.3) is 0 Å². The minimum Gasteiger partial charge on any atom is -0.457 e. The van der Waals surface area contributed by atoms with E-state index in [9.17, 15) is 14.4 Å². The van der Waals surface area contributed by atoms with E-state index in [-0.39, 0.29) is 5.75 Å². The normalized spacial score (nSPS) is 12.3. The second-order valence-electron chi connectivity index (χ2n) is 9.65. The molecular weight excluding hydrogens is 498 g/mol. The predicted octanol–water partition coefficient (Wildman–Crippen LogP) is 6.59. The van der Waals surface area contributed by atoms with Crippen LogP contribution in [0.5, 0.6) is 0 Å². The van der Waals surface area contributed by atoms with Crippen LogP contribution in [0.1, 0.15) is 51.3 Å². The maximum Gasteiger partial charge on any atom is 0.417 e. The molecule has 0 N–H and O–H groups in total. The van der Waals surface area contributed by atoms with Gasteiger partial charge in [0, 0.05) is 12.7 Å². The van der Waals surface area contributed by atoms with E-state index in [4.69, 9.17) is 9.47 Å². The van der Waals surface area contributed by atoms with Gasteiger partial charge in [-0.15, -0.1) is 11.8 Å². The van der Waals surface area contributed by atoms with Crippen LogP contribution < -0.4 is 0 Å². The number of carbonyl (C=O) groups excluding carboxylic acids is 3. The lowest BCUT2D eigenvalue weighted by Gasteiger charge is -2.37. The van der Waals surface area contributed by atoms with Crippen molar-refractivity contribution >= 4 is 29.7 Å². The van der Waals surface area contributed by atoms with Gasteiger partial charge in [-0.25, -0.2) is 14.5 Å². The van der Waals surface area contributed by atoms with Crippen molar-refractivity contribution in [2.45, 2.75) is 51.0 Å². The van der Waals surface area contributed by atoms with Gasteiger partial charge in [-0.2, -0.15) is 0 Å². The second kappa shape index (κ2) is 12.8. The van der Waals surface area contributed by atoms with E-state index in [1.807, 2.05) is 91.0 Å². The summed E-state index contributed by atoms with van der Waals surface area (Å²) in [6, 6.07) is 28.7. The Kier molecular flexibility index (Phi) is 9.75. The number of imide groups is 1. The van der Waals surface area contributed by atoms with E-state index in [1.54, 1.807) is 27.7 Å². The van der Waals surface area contributed by atoms with Gasteiger partial charge in [-0.1, -0.05) is 91.0 Å². The van der Waals surface area contributed by atoms with Crippen LogP contribution in [0.3, 0.4) is 0 Å². The summed E-state index contributed by atoms with van der Waals surface area (Å²) in [4.78, 5) is 40.0. The zero-order valence-corrected chi connectivity index (χ0v) is 23.2. The Labute approximate surface area is 229 Å². The lowest BCUT2D eigenvalue weighted by atomic mass is 9.84. The van der Waals surface area contributed by atoms with Crippen molar-refractivity contribution in [3.8, 4) is 0 Å². The molecule has 1 radical (unpaired) electrons. The SMILES string of the molecule is C[CH]OC(=O)[C@H](CSC(c1ccccc1)(c1ccccc1)c1ccccc1)N(C(C)=O)C(=O)OC(C)(C)C. The number of rotatable bonds is 9. The smallest absolute Gasteiger partial charge is 0.417 e. The largest absolute Gasteiger partial charge is 0.457 e.